The Morgan fingerprint density at radius 3 is 2.67 bits per heavy atom. The van der Waals surface area contributed by atoms with Crippen molar-refractivity contribution in [3.8, 4) is 0 Å². The van der Waals surface area contributed by atoms with Crippen molar-refractivity contribution in [3.05, 3.63) is 35.9 Å². The van der Waals surface area contributed by atoms with Gasteiger partial charge >= 0.3 is 0 Å². The van der Waals surface area contributed by atoms with Crippen LogP contribution in [0.5, 0.6) is 0 Å². The van der Waals surface area contributed by atoms with Crippen LogP contribution in [0.2, 0.25) is 0 Å². The summed E-state index contributed by atoms with van der Waals surface area (Å²) in [6.45, 7) is 2.92. The Kier molecular flexibility index (Phi) is 3.99. The van der Waals surface area contributed by atoms with E-state index in [1.54, 1.807) is 4.90 Å². The maximum Gasteiger partial charge on any atom is 0.227 e. The summed E-state index contributed by atoms with van der Waals surface area (Å²) in [5.41, 5.74) is 7.10. The molecule has 0 spiro atoms. The molecule has 2 unspecified atom stereocenters. The second kappa shape index (κ2) is 5.50. The molecule has 98 valence electrons. The van der Waals surface area contributed by atoms with Crippen molar-refractivity contribution < 1.29 is 9.90 Å². The monoisotopic (exact) mass is 248 g/mol. The van der Waals surface area contributed by atoms with Crippen molar-refractivity contribution >= 4 is 5.91 Å². The van der Waals surface area contributed by atoms with Crippen LogP contribution in [0, 0.1) is 5.92 Å². The van der Waals surface area contributed by atoms with Crippen molar-refractivity contribution in [2.75, 3.05) is 13.1 Å². The molecular formula is C14H20N2O2. The smallest absolute Gasteiger partial charge is 0.227 e. The Bertz CT molecular complexity index is 408. The molecule has 0 aliphatic carbocycles. The van der Waals surface area contributed by atoms with Crippen LogP contribution in [0.15, 0.2) is 30.3 Å². The van der Waals surface area contributed by atoms with Gasteiger partial charge in [-0.2, -0.15) is 0 Å². The number of hydrogen-bond donors (Lipinski definition) is 2. The third-order valence-corrected chi connectivity index (χ3v) is 3.59. The standard InChI is InChI=1S/C14H20N2O2/c1-10(13(15)11-5-3-2-4-6-11)14(18)16-8-7-12(17)9-16/h2-6,10,12-13,17H,7-9,15H2,1H3/t10?,12-,13?/m0/s1. The second-order valence-corrected chi connectivity index (χ2v) is 4.95. The first-order chi connectivity index (χ1) is 8.59. The van der Waals surface area contributed by atoms with Crippen LogP contribution in [0.25, 0.3) is 0 Å². The largest absolute Gasteiger partial charge is 0.391 e. The number of aliphatic hydroxyl groups is 1. The van der Waals surface area contributed by atoms with E-state index >= 15 is 0 Å². The van der Waals surface area contributed by atoms with Gasteiger partial charge in [0, 0.05) is 19.1 Å². The zero-order valence-electron chi connectivity index (χ0n) is 10.6. The first kappa shape index (κ1) is 13.1. The maximum absolute atomic E-state index is 12.2. The third-order valence-electron chi connectivity index (χ3n) is 3.59. The summed E-state index contributed by atoms with van der Waals surface area (Å²) in [4.78, 5) is 13.9. The SMILES string of the molecule is CC(C(=O)N1CC[C@H](O)C1)C(N)c1ccccc1. The van der Waals surface area contributed by atoms with E-state index in [9.17, 15) is 9.90 Å². The minimum Gasteiger partial charge on any atom is -0.391 e. The number of β-amino-alcohol motifs (C(OH)–C–C–N with tert-alkyl or cyclic N) is 1. The molecule has 0 bridgehead atoms. The molecule has 1 heterocycles. The highest BCUT2D eigenvalue weighted by Gasteiger charge is 2.30. The van der Waals surface area contributed by atoms with E-state index < -0.39 is 0 Å². The zero-order chi connectivity index (χ0) is 13.1. The molecule has 3 atom stereocenters. The van der Waals surface area contributed by atoms with Crippen molar-refractivity contribution in [2.24, 2.45) is 11.7 Å². The Morgan fingerprint density at radius 2 is 2.11 bits per heavy atom. The fourth-order valence-electron chi connectivity index (χ4n) is 2.35. The van der Waals surface area contributed by atoms with Gasteiger partial charge in [-0.15, -0.1) is 0 Å². The van der Waals surface area contributed by atoms with Gasteiger partial charge in [-0.1, -0.05) is 37.3 Å². The van der Waals surface area contributed by atoms with Crippen LogP contribution < -0.4 is 5.73 Å². The van der Waals surface area contributed by atoms with Crippen LogP contribution in [-0.2, 0) is 4.79 Å². The summed E-state index contributed by atoms with van der Waals surface area (Å²) in [5, 5.41) is 9.46. The number of carbonyl (C=O) groups excluding carboxylic acids is 1. The van der Waals surface area contributed by atoms with E-state index in [1.807, 2.05) is 37.3 Å². The average molecular weight is 248 g/mol. The van der Waals surface area contributed by atoms with E-state index in [4.69, 9.17) is 5.73 Å². The molecule has 1 amide bonds. The number of aliphatic hydroxyl groups excluding tert-OH is 1. The second-order valence-electron chi connectivity index (χ2n) is 4.95. The van der Waals surface area contributed by atoms with E-state index in [0.717, 1.165) is 5.56 Å². The number of rotatable bonds is 3. The predicted octanol–water partition coefficient (Wildman–Crippen LogP) is 0.916. The molecule has 18 heavy (non-hydrogen) atoms. The molecule has 1 aliphatic heterocycles. The normalized spacial score (nSPS) is 22.8. The van der Waals surface area contributed by atoms with Crippen LogP contribution in [-0.4, -0.2) is 35.1 Å². The van der Waals surface area contributed by atoms with Gasteiger partial charge in [-0.3, -0.25) is 4.79 Å². The predicted molar refractivity (Wildman–Crippen MR) is 69.7 cm³/mol. The number of nitrogens with two attached hydrogens (primary N) is 1. The molecule has 1 aliphatic rings. The van der Waals surface area contributed by atoms with Crippen molar-refractivity contribution in [1.29, 1.82) is 0 Å². The molecule has 0 aromatic heterocycles. The van der Waals surface area contributed by atoms with Gasteiger partial charge in [0.05, 0.1) is 12.0 Å². The highest BCUT2D eigenvalue weighted by atomic mass is 16.3. The van der Waals surface area contributed by atoms with E-state index in [0.29, 0.717) is 19.5 Å². The summed E-state index contributed by atoms with van der Waals surface area (Å²) in [6, 6.07) is 9.36. The Hall–Kier alpha value is -1.39. The van der Waals surface area contributed by atoms with Crippen LogP contribution in [0.3, 0.4) is 0 Å². The number of carbonyl (C=O) groups is 1. The van der Waals surface area contributed by atoms with Crippen molar-refractivity contribution in [2.45, 2.75) is 25.5 Å². The van der Waals surface area contributed by atoms with Gasteiger partial charge in [0.2, 0.25) is 5.91 Å². The van der Waals surface area contributed by atoms with Crippen LogP contribution in [0.1, 0.15) is 24.9 Å². The fraction of sp³-hybridized carbons (Fsp3) is 0.500. The van der Waals surface area contributed by atoms with E-state index in [1.165, 1.54) is 0 Å². The quantitative estimate of drug-likeness (QED) is 0.835. The van der Waals surface area contributed by atoms with Gasteiger partial charge < -0.3 is 15.7 Å². The van der Waals surface area contributed by atoms with Gasteiger partial charge in [-0.25, -0.2) is 0 Å². The number of nitrogens with zero attached hydrogens (tertiary/aromatic N) is 1. The summed E-state index contributed by atoms with van der Waals surface area (Å²) in [5.74, 6) is -0.236. The molecule has 4 heteroatoms. The Labute approximate surface area is 107 Å². The van der Waals surface area contributed by atoms with Gasteiger partial charge in [0.25, 0.3) is 0 Å². The lowest BCUT2D eigenvalue weighted by molar-refractivity contribution is -0.135. The molecule has 1 aromatic rings. The molecular weight excluding hydrogens is 228 g/mol. The lowest BCUT2D eigenvalue weighted by Gasteiger charge is -2.25. The molecule has 1 saturated heterocycles. The average Bonchev–Trinajstić information content (AvgIpc) is 2.84. The van der Waals surface area contributed by atoms with Crippen molar-refractivity contribution in [1.82, 2.24) is 4.90 Å². The first-order valence-corrected chi connectivity index (χ1v) is 6.37. The van der Waals surface area contributed by atoms with Crippen molar-refractivity contribution in [3.63, 3.8) is 0 Å². The number of likely N-dealkylation sites (tertiary alicyclic amines) is 1. The molecule has 0 saturated carbocycles. The first-order valence-electron chi connectivity index (χ1n) is 6.37. The summed E-state index contributed by atoms with van der Waals surface area (Å²) < 4.78 is 0. The van der Waals surface area contributed by atoms with Gasteiger partial charge in [0.1, 0.15) is 0 Å². The number of hydrogen-bond acceptors (Lipinski definition) is 3. The minimum atomic E-state index is -0.380. The molecule has 1 fully saturated rings. The summed E-state index contributed by atoms with van der Waals surface area (Å²) in [7, 11) is 0. The highest BCUT2D eigenvalue weighted by Crippen LogP contribution is 2.22. The van der Waals surface area contributed by atoms with Crippen LogP contribution in [0.4, 0.5) is 0 Å². The molecule has 2 rings (SSSR count). The molecule has 3 N–H and O–H groups in total. The van der Waals surface area contributed by atoms with Gasteiger partial charge in [0.15, 0.2) is 0 Å². The molecule has 0 radical (unpaired) electrons. The molecule has 4 nitrogen and oxygen atoms in total. The minimum absolute atomic E-state index is 0.0305. The fourth-order valence-corrected chi connectivity index (χ4v) is 2.35. The zero-order valence-corrected chi connectivity index (χ0v) is 10.6. The topological polar surface area (TPSA) is 66.6 Å². The molecule has 1 aromatic carbocycles. The highest BCUT2D eigenvalue weighted by molar-refractivity contribution is 5.79. The Balaban J connectivity index is 2.02. The summed E-state index contributed by atoms with van der Waals surface area (Å²) in [6.07, 6.45) is 0.285. The summed E-state index contributed by atoms with van der Waals surface area (Å²) >= 11 is 0. The number of benzene rings is 1. The van der Waals surface area contributed by atoms with Gasteiger partial charge in [-0.05, 0) is 12.0 Å². The van der Waals surface area contributed by atoms with Crippen LogP contribution >= 0.6 is 0 Å². The lowest BCUT2D eigenvalue weighted by Crippen LogP contribution is -2.38. The lowest BCUT2D eigenvalue weighted by atomic mass is 9.94. The maximum atomic E-state index is 12.2. The van der Waals surface area contributed by atoms with E-state index in [-0.39, 0.29) is 24.0 Å². The Morgan fingerprint density at radius 1 is 1.44 bits per heavy atom. The third kappa shape index (κ3) is 2.71. The van der Waals surface area contributed by atoms with E-state index in [2.05, 4.69) is 0 Å². The number of amides is 1.